The molecule has 0 saturated carbocycles. The van der Waals surface area contributed by atoms with Gasteiger partial charge in [-0.15, -0.1) is 0 Å². The second-order valence-corrected chi connectivity index (χ2v) is 23.9. The van der Waals surface area contributed by atoms with Crippen LogP contribution in [0.25, 0.3) is 0 Å². The van der Waals surface area contributed by atoms with E-state index in [4.69, 9.17) is 97.2 Å². The maximum atomic E-state index is 15.0. The summed E-state index contributed by atoms with van der Waals surface area (Å²) >= 11 is 0. The summed E-state index contributed by atoms with van der Waals surface area (Å²) in [4.78, 5) is 80.0. The monoisotopic (exact) mass is 1250 g/mol. The first kappa shape index (κ1) is 67.9. The number of alkyl carbamates (subject to hydrolysis) is 1. The number of methoxy groups -OCH3 is 3. The molecule has 8 aliphatic rings. The molecule has 1 aromatic rings. The lowest BCUT2D eigenvalue weighted by molar-refractivity contribution is -0.230. The number of ether oxygens (including phenoxy) is 16. The highest BCUT2D eigenvalue weighted by Gasteiger charge is 2.62. The Bertz CT molecular complexity index is 2590. The lowest BCUT2D eigenvalue weighted by Crippen LogP contribution is -2.56. The number of fused-ring (bicyclic) bond motifs is 4. The summed E-state index contributed by atoms with van der Waals surface area (Å²) in [5.41, 5.74) is 13.0. The van der Waals surface area contributed by atoms with Crippen molar-refractivity contribution in [3.8, 4) is 0 Å². The van der Waals surface area contributed by atoms with Gasteiger partial charge in [0, 0.05) is 46.6 Å². The predicted molar refractivity (Wildman–Crippen MR) is 286 cm³/mol. The van der Waals surface area contributed by atoms with Gasteiger partial charge in [-0.2, -0.15) is 13.2 Å². The number of halogens is 3. The van der Waals surface area contributed by atoms with Crippen LogP contribution in [0.4, 0.5) is 18.0 Å². The molecule has 8 heterocycles. The molecule has 9 N–H and O–H groups in total. The van der Waals surface area contributed by atoms with Gasteiger partial charge in [0.05, 0.1) is 49.9 Å². The fraction of sp³-hybridized carbons (Fsp3) is 0.782. The van der Waals surface area contributed by atoms with Crippen molar-refractivity contribution >= 4 is 35.8 Å². The minimum Gasteiger partial charge on any atom is -0.475 e. The summed E-state index contributed by atoms with van der Waals surface area (Å²) in [6, 6.07) is 4.54. The third-order valence-electron chi connectivity index (χ3n) is 15.6. The van der Waals surface area contributed by atoms with Crippen molar-refractivity contribution in [3.05, 3.63) is 35.9 Å². The van der Waals surface area contributed by atoms with Crippen LogP contribution in [0.5, 0.6) is 0 Å². The molecule has 8 fully saturated rings. The van der Waals surface area contributed by atoms with Crippen molar-refractivity contribution in [1.29, 1.82) is 0 Å². The predicted octanol–water partition coefficient (Wildman–Crippen LogP) is 0.378. The Kier molecular flexibility index (Phi) is 21.2. The van der Waals surface area contributed by atoms with Crippen LogP contribution in [0.15, 0.2) is 30.3 Å². The third-order valence-corrected chi connectivity index (χ3v) is 15.6. The molecule has 8 saturated heterocycles. The van der Waals surface area contributed by atoms with Gasteiger partial charge >= 0.3 is 24.2 Å². The summed E-state index contributed by atoms with van der Waals surface area (Å²) in [5.74, 6) is -9.67. The zero-order valence-corrected chi connectivity index (χ0v) is 50.1. The number of alkyl halides is 3. The number of nitrogens with one attached hydrogen (secondary N) is 4. The lowest BCUT2D eigenvalue weighted by atomic mass is 9.96. The largest absolute Gasteiger partial charge is 0.490 e. The Labute approximate surface area is 499 Å². The average molecular weight is 1250 g/mol. The number of carboxylic acids is 1. The SMILES string of the molecule is COC(=O)C[C@H](NC(=O)C[C@@H](NC(=O)C[C@H](NC(=O)C[C@@H](NC(=O)OCc1ccccc1)[C@H]1O[C@H](CN)[C@H]2OC(C)(C)O[C@@H]12)[C@H]1O[C@H](OC)[C@H]2OC(C)(C)O[C@H]21)[C@H]1O[C@H](OC)[C@H]2OC(C)(C)O[C@H]21)[C@H]1O[C@H](CN)[C@H]2OC(C)(C)O[C@@H]12.O=C(O)C(F)(F)F. The number of hydrogen-bond donors (Lipinski definition) is 7. The Morgan fingerprint density at radius 3 is 1.18 bits per heavy atom. The Morgan fingerprint density at radius 1 is 0.517 bits per heavy atom. The highest BCUT2D eigenvalue weighted by molar-refractivity contribution is 5.83. The highest BCUT2D eigenvalue weighted by Crippen LogP contribution is 2.45. The van der Waals surface area contributed by atoms with E-state index < -0.39 is 207 Å². The molecule has 1 aromatic carbocycles. The molecule has 4 amide bonds. The molecule has 32 heteroatoms. The summed E-state index contributed by atoms with van der Waals surface area (Å²) < 4.78 is 129. The molecule has 0 aromatic heterocycles. The number of esters is 1. The topological polar surface area (TPSA) is 370 Å². The molecule has 0 unspecified atom stereocenters. The molecular formula is C55H81F3N6O23. The number of carbonyl (C=O) groups is 6. The fourth-order valence-corrected chi connectivity index (χ4v) is 12.2. The van der Waals surface area contributed by atoms with E-state index in [-0.39, 0.29) is 26.1 Å². The van der Waals surface area contributed by atoms with Gasteiger partial charge in [0.2, 0.25) is 17.7 Å². The number of benzene rings is 1. The second-order valence-electron chi connectivity index (χ2n) is 23.9. The van der Waals surface area contributed by atoms with E-state index in [1.165, 1.54) is 21.3 Å². The van der Waals surface area contributed by atoms with Crippen molar-refractivity contribution < 1.29 is 123 Å². The minimum atomic E-state index is -5.08. The van der Waals surface area contributed by atoms with Gasteiger partial charge in [0.1, 0.15) is 79.9 Å². The van der Waals surface area contributed by atoms with E-state index in [2.05, 4.69) is 21.3 Å². The maximum Gasteiger partial charge on any atom is 0.490 e. The van der Waals surface area contributed by atoms with Crippen molar-refractivity contribution in [2.45, 2.75) is 239 Å². The molecule has 0 spiro atoms. The van der Waals surface area contributed by atoms with Crippen LogP contribution in [0.2, 0.25) is 0 Å². The van der Waals surface area contributed by atoms with Gasteiger partial charge < -0.3 is 114 Å². The zero-order valence-electron chi connectivity index (χ0n) is 50.1. The van der Waals surface area contributed by atoms with Crippen LogP contribution < -0.4 is 32.7 Å². The van der Waals surface area contributed by atoms with Gasteiger partial charge in [0.25, 0.3) is 0 Å². The number of amides is 4. The first-order chi connectivity index (χ1) is 40.8. The van der Waals surface area contributed by atoms with E-state index in [0.29, 0.717) is 0 Å². The lowest BCUT2D eigenvalue weighted by Gasteiger charge is -2.33. The molecule has 0 bridgehead atoms. The molecule has 87 heavy (non-hydrogen) atoms. The van der Waals surface area contributed by atoms with Crippen LogP contribution >= 0.6 is 0 Å². The van der Waals surface area contributed by atoms with Gasteiger partial charge in [-0.3, -0.25) is 19.2 Å². The van der Waals surface area contributed by atoms with Crippen molar-refractivity contribution in [1.82, 2.24) is 21.3 Å². The number of aliphatic carboxylic acids is 1. The van der Waals surface area contributed by atoms with Crippen molar-refractivity contribution in [3.63, 3.8) is 0 Å². The molecule has 0 aliphatic carbocycles. The quantitative estimate of drug-likeness (QED) is 0.0772. The molecule has 8 aliphatic heterocycles. The standard InChI is InChI=1S/C53H80N6O21.C2HF3O2/c1-50(2)73-39-29(21-54)69-35(41(39)75-50)27(59-49(64)68-23-24-15-13-12-14-16-24)19-33(62)57-25(37-43-45(47(66-10)71-37)79-52(5,6)77-43)17-31(60)56-26(38-44-46(48(67-11)72-38)80-53(7,8)78-44)18-32(61)58-28(20-34(63)65-9)36-42-40(30(22-55)70-36)74-51(3,4)76-42;3-2(4,5)1(6)7/h12-16,25-30,35-48H,17-23,54-55H2,1-11H3,(H,56,60)(H,57,62)(H,58,61)(H,59,64);(H,6,7)/t25-,26+,27+,28-,29+,30+,35+,36+,37+,38+,39+,40+,41-,42-,43-,44-,45-,46-,47-,48-;/m0./s1. The number of hydrogen-bond acceptors (Lipinski definition) is 24. The summed E-state index contributed by atoms with van der Waals surface area (Å²) in [6.07, 6.45) is -20.9. The smallest absolute Gasteiger partial charge is 0.475 e. The molecule has 9 rings (SSSR count). The van der Waals surface area contributed by atoms with E-state index in [0.717, 1.165) is 5.56 Å². The van der Waals surface area contributed by atoms with E-state index in [1.54, 1.807) is 67.5 Å². The number of carbonyl (C=O) groups excluding carboxylic acids is 5. The van der Waals surface area contributed by atoms with E-state index in [1.807, 2.05) is 18.2 Å². The number of rotatable bonds is 22. The Morgan fingerprint density at radius 2 is 0.839 bits per heavy atom. The Balaban J connectivity index is 0.00000132. The van der Waals surface area contributed by atoms with E-state index >= 15 is 4.79 Å². The molecule has 29 nitrogen and oxygen atoms in total. The van der Waals surface area contributed by atoms with Gasteiger partial charge in [-0.25, -0.2) is 9.59 Å². The van der Waals surface area contributed by atoms with Gasteiger partial charge in [-0.1, -0.05) is 30.3 Å². The normalized spacial score (nSPS) is 35.0. The van der Waals surface area contributed by atoms with Crippen LogP contribution in [0, 0.1) is 0 Å². The van der Waals surface area contributed by atoms with Crippen molar-refractivity contribution in [2.75, 3.05) is 34.4 Å². The first-order valence-electron chi connectivity index (χ1n) is 28.5. The first-order valence-corrected chi connectivity index (χ1v) is 28.5. The van der Waals surface area contributed by atoms with Gasteiger partial charge in [0.15, 0.2) is 35.7 Å². The van der Waals surface area contributed by atoms with Crippen LogP contribution in [0.3, 0.4) is 0 Å². The number of nitrogens with two attached hydrogens (primary N) is 2. The van der Waals surface area contributed by atoms with Crippen LogP contribution in [-0.4, -0.2) is 227 Å². The van der Waals surface area contributed by atoms with E-state index in [9.17, 15) is 32.3 Å². The fourth-order valence-electron chi connectivity index (χ4n) is 12.2. The van der Waals surface area contributed by atoms with Gasteiger partial charge in [-0.05, 0) is 61.0 Å². The maximum absolute atomic E-state index is 15.0. The minimum absolute atomic E-state index is 0.0489. The number of carboxylic acid groups (broad SMARTS) is 1. The summed E-state index contributed by atoms with van der Waals surface area (Å²) in [7, 11) is 4.08. The summed E-state index contributed by atoms with van der Waals surface area (Å²) in [5, 5.41) is 18.9. The van der Waals surface area contributed by atoms with Crippen molar-refractivity contribution in [2.24, 2.45) is 11.5 Å². The highest BCUT2D eigenvalue weighted by atomic mass is 19.4. The molecule has 0 radical (unpaired) electrons. The third kappa shape index (κ3) is 16.3. The zero-order chi connectivity index (χ0) is 63.7. The summed E-state index contributed by atoms with van der Waals surface area (Å²) in [6.45, 7) is 13.9. The molecule has 490 valence electrons. The Hall–Kier alpha value is -5.01. The van der Waals surface area contributed by atoms with Crippen LogP contribution in [-0.2, 0) is 106 Å². The van der Waals surface area contributed by atoms with Crippen LogP contribution in [0.1, 0.15) is 86.6 Å². The molecular weight excluding hydrogens is 1170 g/mol. The second kappa shape index (κ2) is 27.2. The molecule has 20 atom stereocenters. The average Bonchev–Trinajstić information content (AvgIpc) is 1.67.